The van der Waals surface area contributed by atoms with Crippen LogP contribution in [0.5, 0.6) is 5.75 Å². The number of benzene rings is 1. The highest BCUT2D eigenvalue weighted by molar-refractivity contribution is 5.95. The number of aryl methyl sites for hydroxylation is 1. The molecule has 2 rings (SSSR count). The van der Waals surface area contributed by atoms with Crippen molar-refractivity contribution >= 4 is 5.91 Å². The molecule has 20 heavy (non-hydrogen) atoms. The summed E-state index contributed by atoms with van der Waals surface area (Å²) in [5, 5.41) is 2.73. The number of H-pyrrole nitrogens is 1. The van der Waals surface area contributed by atoms with Crippen LogP contribution >= 0.6 is 0 Å². The number of aromatic amines is 1. The van der Waals surface area contributed by atoms with Crippen molar-refractivity contribution in [2.24, 2.45) is 0 Å². The quantitative estimate of drug-likeness (QED) is 0.888. The van der Waals surface area contributed by atoms with Crippen molar-refractivity contribution in [3.8, 4) is 5.75 Å². The first-order valence-corrected chi connectivity index (χ1v) is 6.21. The molecule has 0 fully saturated rings. The lowest BCUT2D eigenvalue weighted by Gasteiger charge is -2.07. The second-order valence-electron chi connectivity index (χ2n) is 4.40. The summed E-state index contributed by atoms with van der Waals surface area (Å²) in [5.41, 5.74) is 1.36. The number of hydrogen-bond donors (Lipinski definition) is 2. The Hall–Kier alpha value is -2.56. The average molecular weight is 272 g/mol. The number of rotatable bonds is 4. The Morgan fingerprint density at radius 2 is 1.95 bits per heavy atom. The maximum Gasteiger partial charge on any atom is 0.261 e. The van der Waals surface area contributed by atoms with Crippen LogP contribution in [0.25, 0.3) is 0 Å². The molecule has 0 radical (unpaired) electrons. The van der Waals surface area contributed by atoms with Gasteiger partial charge in [-0.1, -0.05) is 12.1 Å². The Balaban J connectivity index is 2.06. The Morgan fingerprint density at radius 1 is 1.25 bits per heavy atom. The number of carbonyl (C=O) groups is 1. The van der Waals surface area contributed by atoms with Crippen LogP contribution < -0.4 is 15.6 Å². The fourth-order valence-electron chi connectivity index (χ4n) is 1.87. The monoisotopic (exact) mass is 272 g/mol. The third kappa shape index (κ3) is 3.06. The highest BCUT2D eigenvalue weighted by atomic mass is 16.5. The zero-order valence-corrected chi connectivity index (χ0v) is 11.4. The molecule has 0 aliphatic heterocycles. The summed E-state index contributed by atoms with van der Waals surface area (Å²) in [6.07, 6.45) is 1.53. The molecule has 0 unspecified atom stereocenters. The summed E-state index contributed by atoms with van der Waals surface area (Å²) in [5.74, 6) is 0.385. The van der Waals surface area contributed by atoms with E-state index in [0.29, 0.717) is 12.1 Å². The van der Waals surface area contributed by atoms with E-state index in [0.717, 1.165) is 11.3 Å². The number of nitrogens with one attached hydrogen (secondary N) is 2. The number of pyridine rings is 1. The minimum atomic E-state index is -0.378. The fourth-order valence-corrected chi connectivity index (χ4v) is 1.87. The zero-order valence-electron chi connectivity index (χ0n) is 11.4. The molecule has 0 atom stereocenters. The van der Waals surface area contributed by atoms with E-state index in [1.807, 2.05) is 24.3 Å². The summed E-state index contributed by atoms with van der Waals surface area (Å²) in [6.45, 7) is 2.09. The first kappa shape index (κ1) is 13.9. The second-order valence-corrected chi connectivity index (χ2v) is 4.40. The summed E-state index contributed by atoms with van der Waals surface area (Å²) < 4.78 is 5.06. The number of carbonyl (C=O) groups excluding carboxylic acids is 1. The number of hydrogen-bond acceptors (Lipinski definition) is 3. The van der Waals surface area contributed by atoms with Gasteiger partial charge in [0.1, 0.15) is 11.3 Å². The van der Waals surface area contributed by atoms with Crippen LogP contribution in [0.2, 0.25) is 0 Å². The van der Waals surface area contributed by atoms with Gasteiger partial charge in [-0.05, 0) is 36.2 Å². The lowest BCUT2D eigenvalue weighted by molar-refractivity contribution is 0.0948. The predicted molar refractivity (Wildman–Crippen MR) is 76.0 cm³/mol. The van der Waals surface area contributed by atoms with E-state index in [-0.39, 0.29) is 17.0 Å². The molecule has 0 aliphatic carbocycles. The van der Waals surface area contributed by atoms with Crippen molar-refractivity contribution in [2.75, 3.05) is 7.11 Å². The molecule has 5 nitrogen and oxygen atoms in total. The van der Waals surface area contributed by atoms with E-state index in [1.165, 1.54) is 6.20 Å². The molecule has 1 aromatic heterocycles. The van der Waals surface area contributed by atoms with Gasteiger partial charge in [0, 0.05) is 12.7 Å². The number of aromatic nitrogens is 1. The molecule has 104 valence electrons. The minimum absolute atomic E-state index is 0.154. The topological polar surface area (TPSA) is 71.2 Å². The van der Waals surface area contributed by atoms with E-state index in [2.05, 4.69) is 10.3 Å². The van der Waals surface area contributed by atoms with Gasteiger partial charge in [0.25, 0.3) is 11.5 Å². The number of methoxy groups -OCH3 is 1. The van der Waals surface area contributed by atoms with Crippen molar-refractivity contribution in [3.05, 3.63) is 63.6 Å². The van der Waals surface area contributed by atoms with Gasteiger partial charge in [-0.3, -0.25) is 9.59 Å². The third-order valence-electron chi connectivity index (χ3n) is 3.01. The SMILES string of the molecule is COc1ccc(CNC(=O)c2c(C)cc[nH]c2=O)cc1. The summed E-state index contributed by atoms with van der Waals surface area (Å²) >= 11 is 0. The van der Waals surface area contributed by atoms with E-state index < -0.39 is 0 Å². The van der Waals surface area contributed by atoms with Crippen molar-refractivity contribution in [1.82, 2.24) is 10.3 Å². The maximum atomic E-state index is 12.0. The number of ether oxygens (including phenoxy) is 1. The third-order valence-corrected chi connectivity index (χ3v) is 3.01. The van der Waals surface area contributed by atoms with Gasteiger partial charge in [0.15, 0.2) is 0 Å². The molecule has 0 bridgehead atoms. The molecule has 2 N–H and O–H groups in total. The van der Waals surface area contributed by atoms with Crippen LogP contribution in [-0.4, -0.2) is 18.0 Å². The van der Waals surface area contributed by atoms with Gasteiger partial charge >= 0.3 is 0 Å². The molecule has 2 aromatic rings. The summed E-state index contributed by atoms with van der Waals surface area (Å²) in [7, 11) is 1.60. The van der Waals surface area contributed by atoms with Crippen LogP contribution in [0, 0.1) is 6.92 Å². The molecule has 1 aromatic carbocycles. The van der Waals surface area contributed by atoms with E-state index in [1.54, 1.807) is 20.1 Å². The van der Waals surface area contributed by atoms with E-state index >= 15 is 0 Å². The van der Waals surface area contributed by atoms with Crippen LogP contribution in [0.4, 0.5) is 0 Å². The first-order valence-electron chi connectivity index (χ1n) is 6.21. The van der Waals surface area contributed by atoms with Gasteiger partial charge in [-0.15, -0.1) is 0 Å². The molecule has 0 spiro atoms. The Bertz CT molecular complexity index is 660. The van der Waals surface area contributed by atoms with Gasteiger partial charge in [0.2, 0.25) is 0 Å². The standard InChI is InChI=1S/C15H16N2O3/c1-10-7-8-16-14(18)13(10)15(19)17-9-11-3-5-12(20-2)6-4-11/h3-8H,9H2,1-2H3,(H,16,18)(H,17,19). The normalized spacial score (nSPS) is 10.1. The predicted octanol–water partition coefficient (Wildman–Crippen LogP) is 1.62. The Morgan fingerprint density at radius 3 is 2.55 bits per heavy atom. The van der Waals surface area contributed by atoms with Gasteiger partial charge in [0.05, 0.1) is 7.11 Å². The second kappa shape index (κ2) is 6.06. The van der Waals surface area contributed by atoms with Gasteiger partial charge in [-0.2, -0.15) is 0 Å². The lowest BCUT2D eigenvalue weighted by Crippen LogP contribution is -2.30. The lowest BCUT2D eigenvalue weighted by atomic mass is 10.1. The number of amides is 1. The molecule has 1 heterocycles. The zero-order chi connectivity index (χ0) is 14.5. The minimum Gasteiger partial charge on any atom is -0.497 e. The van der Waals surface area contributed by atoms with E-state index in [9.17, 15) is 9.59 Å². The molecule has 0 saturated heterocycles. The van der Waals surface area contributed by atoms with Crippen molar-refractivity contribution < 1.29 is 9.53 Å². The molecule has 1 amide bonds. The highest BCUT2D eigenvalue weighted by Gasteiger charge is 2.12. The largest absolute Gasteiger partial charge is 0.497 e. The average Bonchev–Trinajstić information content (AvgIpc) is 2.45. The van der Waals surface area contributed by atoms with E-state index in [4.69, 9.17) is 4.74 Å². The summed E-state index contributed by atoms with van der Waals surface area (Å²) in [4.78, 5) is 26.2. The fraction of sp³-hybridized carbons (Fsp3) is 0.200. The molecule has 0 saturated carbocycles. The summed E-state index contributed by atoms with van der Waals surface area (Å²) in [6, 6.07) is 9.07. The van der Waals surface area contributed by atoms with Crippen molar-refractivity contribution in [3.63, 3.8) is 0 Å². The van der Waals surface area contributed by atoms with Gasteiger partial charge in [-0.25, -0.2) is 0 Å². The van der Waals surface area contributed by atoms with Crippen LogP contribution in [-0.2, 0) is 6.54 Å². The highest BCUT2D eigenvalue weighted by Crippen LogP contribution is 2.11. The van der Waals surface area contributed by atoms with Crippen LogP contribution in [0.1, 0.15) is 21.5 Å². The van der Waals surface area contributed by atoms with Crippen LogP contribution in [0.15, 0.2) is 41.3 Å². The molecule has 5 heteroatoms. The smallest absolute Gasteiger partial charge is 0.261 e. The maximum absolute atomic E-state index is 12.0. The Kier molecular flexibility index (Phi) is 4.20. The van der Waals surface area contributed by atoms with Gasteiger partial charge < -0.3 is 15.0 Å². The molecular formula is C15H16N2O3. The van der Waals surface area contributed by atoms with Crippen molar-refractivity contribution in [2.45, 2.75) is 13.5 Å². The van der Waals surface area contributed by atoms with Crippen molar-refractivity contribution in [1.29, 1.82) is 0 Å². The molecular weight excluding hydrogens is 256 g/mol. The Labute approximate surface area is 116 Å². The first-order chi connectivity index (χ1) is 9.61. The molecule has 0 aliphatic rings. The van der Waals surface area contributed by atoms with Crippen LogP contribution in [0.3, 0.4) is 0 Å².